The summed E-state index contributed by atoms with van der Waals surface area (Å²) in [6.45, 7) is 16.7. The van der Waals surface area contributed by atoms with E-state index in [9.17, 15) is 14.4 Å². The maximum absolute atomic E-state index is 13.3. The molecule has 0 spiro atoms. The normalized spacial score (nSPS) is 22.0. The number of nitrogens with one attached hydrogen (secondary N) is 2. The summed E-state index contributed by atoms with van der Waals surface area (Å²) in [5.74, 6) is 0.987. The van der Waals surface area contributed by atoms with Crippen LogP contribution in [-0.2, 0) is 14.3 Å². The third-order valence-electron chi connectivity index (χ3n) is 10.1. The van der Waals surface area contributed by atoms with E-state index >= 15 is 0 Å². The summed E-state index contributed by atoms with van der Waals surface area (Å²) in [6, 6.07) is 0. The molecular formula is C31H56N4O5Si. The van der Waals surface area contributed by atoms with Crippen LogP contribution in [0.1, 0.15) is 112 Å². The second-order valence-electron chi connectivity index (χ2n) is 14.5. The molecule has 1 aliphatic heterocycles. The molecule has 1 heterocycles. The first-order valence-electron chi connectivity index (χ1n) is 16.0. The van der Waals surface area contributed by atoms with Gasteiger partial charge in [-0.15, -0.1) is 0 Å². The highest BCUT2D eigenvalue weighted by Gasteiger charge is 2.61. The molecule has 0 radical (unpaired) electrons. The Hall–Kier alpha value is -2.10. The van der Waals surface area contributed by atoms with Gasteiger partial charge in [-0.2, -0.15) is 0 Å². The Morgan fingerprint density at radius 3 is 1.78 bits per heavy atom. The van der Waals surface area contributed by atoms with E-state index in [-0.39, 0.29) is 28.4 Å². The van der Waals surface area contributed by atoms with Crippen LogP contribution in [0.25, 0.3) is 0 Å². The van der Waals surface area contributed by atoms with Crippen molar-refractivity contribution in [3.8, 4) is 0 Å². The van der Waals surface area contributed by atoms with Gasteiger partial charge in [0.2, 0.25) is 11.9 Å². The SMILES string of the molecule is CC1(C)C(CCCN=C(NC(=O)OCC2CCCCC2)NC(=O)OCC2CCCCC2)C(=O)N1[Si](C)(C)C(C)(C)C. The van der Waals surface area contributed by atoms with Gasteiger partial charge in [-0.05, 0) is 69.2 Å². The number of alkyl carbamates (subject to hydrolysis) is 2. The minimum atomic E-state index is -1.97. The van der Waals surface area contributed by atoms with Crippen molar-refractivity contribution in [2.45, 2.75) is 135 Å². The van der Waals surface area contributed by atoms with Gasteiger partial charge in [-0.1, -0.05) is 72.4 Å². The average Bonchev–Trinajstić information content (AvgIpc) is 2.90. The maximum Gasteiger partial charge on any atom is 0.413 e. The number of aliphatic imine (C=N–C) groups is 1. The summed E-state index contributed by atoms with van der Waals surface area (Å²) >= 11 is 0. The van der Waals surface area contributed by atoms with E-state index in [1.807, 2.05) is 0 Å². The molecule has 0 aromatic rings. The number of rotatable bonds is 9. The van der Waals surface area contributed by atoms with Crippen molar-refractivity contribution in [2.75, 3.05) is 19.8 Å². The van der Waals surface area contributed by atoms with E-state index in [4.69, 9.17) is 9.47 Å². The summed E-state index contributed by atoms with van der Waals surface area (Å²) in [6.07, 6.45) is 11.6. The predicted octanol–water partition coefficient (Wildman–Crippen LogP) is 6.98. The largest absolute Gasteiger partial charge is 0.449 e. The molecule has 0 aromatic heterocycles. The predicted molar refractivity (Wildman–Crippen MR) is 165 cm³/mol. The fourth-order valence-corrected chi connectivity index (χ4v) is 9.57. The number of hydrogen-bond acceptors (Lipinski definition) is 6. The lowest BCUT2D eigenvalue weighted by molar-refractivity contribution is -0.157. The highest BCUT2D eigenvalue weighted by molar-refractivity contribution is 6.80. The van der Waals surface area contributed by atoms with Crippen LogP contribution >= 0.6 is 0 Å². The van der Waals surface area contributed by atoms with E-state index in [0.717, 1.165) is 25.7 Å². The molecule has 2 aliphatic carbocycles. The number of nitrogens with zero attached hydrogens (tertiary/aromatic N) is 2. The van der Waals surface area contributed by atoms with Gasteiger partial charge in [0.1, 0.15) is 0 Å². The molecule has 0 aromatic carbocycles. The molecule has 3 amide bonds. The van der Waals surface area contributed by atoms with Crippen molar-refractivity contribution >= 4 is 32.3 Å². The van der Waals surface area contributed by atoms with Crippen LogP contribution in [0.2, 0.25) is 18.1 Å². The number of carbonyl (C=O) groups is 3. The summed E-state index contributed by atoms with van der Waals surface area (Å²) < 4.78 is 13.1. The van der Waals surface area contributed by atoms with E-state index in [0.29, 0.717) is 44.4 Å². The second kappa shape index (κ2) is 14.4. The number of guanidine groups is 1. The Kier molecular flexibility index (Phi) is 11.7. The van der Waals surface area contributed by atoms with Gasteiger partial charge in [0, 0.05) is 12.1 Å². The van der Waals surface area contributed by atoms with Gasteiger partial charge in [-0.25, -0.2) is 9.59 Å². The van der Waals surface area contributed by atoms with Gasteiger partial charge >= 0.3 is 12.2 Å². The Balaban J connectivity index is 1.54. The Labute approximate surface area is 249 Å². The molecule has 1 atom stereocenters. The lowest BCUT2D eigenvalue weighted by Gasteiger charge is -2.63. The average molecular weight is 593 g/mol. The molecule has 2 N–H and O–H groups in total. The maximum atomic E-state index is 13.3. The number of ether oxygens (including phenoxy) is 2. The minimum Gasteiger partial charge on any atom is -0.449 e. The standard InChI is InChI=1S/C31H56N4O5Si/c1-30(2,3)41(6,7)35-26(36)25(31(35,4)5)19-14-20-32-27(33-28(37)39-21-23-15-10-8-11-16-23)34-29(38)40-22-24-17-12-9-13-18-24/h23-25H,8-22H2,1-7H3,(H2,32,33,34,37,38). The fourth-order valence-electron chi connectivity index (χ4n) is 6.60. The summed E-state index contributed by atoms with van der Waals surface area (Å²) in [5.41, 5.74) is -0.199. The Bertz CT molecular complexity index is 895. The lowest BCUT2D eigenvalue weighted by atomic mass is 9.76. The topological polar surface area (TPSA) is 109 Å². The van der Waals surface area contributed by atoms with Crippen molar-refractivity contribution < 1.29 is 23.9 Å². The minimum absolute atomic E-state index is 0.0365. The van der Waals surface area contributed by atoms with Crippen LogP contribution in [0.3, 0.4) is 0 Å². The van der Waals surface area contributed by atoms with Gasteiger partial charge in [-0.3, -0.25) is 20.4 Å². The van der Waals surface area contributed by atoms with Crippen molar-refractivity contribution in [3.05, 3.63) is 0 Å². The molecule has 1 unspecified atom stereocenters. The Morgan fingerprint density at radius 1 is 0.902 bits per heavy atom. The van der Waals surface area contributed by atoms with E-state index in [2.05, 4.69) is 67.9 Å². The molecular weight excluding hydrogens is 536 g/mol. The molecule has 3 rings (SSSR count). The van der Waals surface area contributed by atoms with Crippen molar-refractivity contribution in [1.29, 1.82) is 0 Å². The number of carbonyl (C=O) groups excluding carboxylic acids is 3. The third kappa shape index (κ3) is 8.94. The summed E-state index contributed by atoms with van der Waals surface area (Å²) in [5, 5.41) is 5.32. The lowest BCUT2D eigenvalue weighted by Crippen LogP contribution is -2.77. The molecule has 2 saturated carbocycles. The number of amides is 3. The van der Waals surface area contributed by atoms with E-state index in [1.54, 1.807) is 0 Å². The zero-order valence-corrected chi connectivity index (χ0v) is 27.8. The summed E-state index contributed by atoms with van der Waals surface area (Å²) in [4.78, 5) is 42.9. The van der Waals surface area contributed by atoms with E-state index in [1.165, 1.54) is 38.5 Å². The van der Waals surface area contributed by atoms with Crippen molar-refractivity contribution in [1.82, 2.24) is 15.2 Å². The third-order valence-corrected chi connectivity index (χ3v) is 15.6. The summed E-state index contributed by atoms with van der Waals surface area (Å²) in [7, 11) is -1.97. The van der Waals surface area contributed by atoms with Gasteiger partial charge in [0.15, 0.2) is 8.24 Å². The Morgan fingerprint density at radius 2 is 1.37 bits per heavy atom. The van der Waals surface area contributed by atoms with Gasteiger partial charge in [0.25, 0.3) is 0 Å². The van der Waals surface area contributed by atoms with Crippen molar-refractivity contribution in [2.24, 2.45) is 22.7 Å². The number of β-lactam (4-membered cyclic amide) rings is 1. The first-order valence-corrected chi connectivity index (χ1v) is 18.9. The van der Waals surface area contributed by atoms with Crippen LogP contribution in [0.5, 0.6) is 0 Å². The molecule has 1 saturated heterocycles. The zero-order chi connectivity index (χ0) is 30.3. The van der Waals surface area contributed by atoms with Crippen LogP contribution in [0.4, 0.5) is 9.59 Å². The molecule has 234 valence electrons. The van der Waals surface area contributed by atoms with Crippen LogP contribution in [0.15, 0.2) is 4.99 Å². The first kappa shape index (κ1) is 33.4. The highest BCUT2D eigenvalue weighted by atomic mass is 28.3. The molecule has 9 nitrogen and oxygen atoms in total. The van der Waals surface area contributed by atoms with Crippen LogP contribution < -0.4 is 10.6 Å². The number of hydrogen-bond donors (Lipinski definition) is 2. The fraction of sp³-hybridized carbons (Fsp3) is 0.871. The molecule has 10 heteroatoms. The van der Waals surface area contributed by atoms with Crippen LogP contribution in [0, 0.1) is 17.8 Å². The van der Waals surface area contributed by atoms with Gasteiger partial charge in [0.05, 0.1) is 19.1 Å². The molecule has 3 aliphatic rings. The van der Waals surface area contributed by atoms with Gasteiger partial charge < -0.3 is 14.0 Å². The van der Waals surface area contributed by atoms with Crippen LogP contribution in [-0.4, -0.2) is 62.2 Å². The van der Waals surface area contributed by atoms with Crippen molar-refractivity contribution in [3.63, 3.8) is 0 Å². The zero-order valence-electron chi connectivity index (χ0n) is 26.8. The molecule has 3 fully saturated rings. The first-order chi connectivity index (χ1) is 19.2. The molecule has 0 bridgehead atoms. The quantitative estimate of drug-likeness (QED) is 0.0987. The van der Waals surface area contributed by atoms with E-state index < -0.39 is 20.4 Å². The highest BCUT2D eigenvalue weighted by Crippen LogP contribution is 2.50. The monoisotopic (exact) mass is 592 g/mol. The molecule has 41 heavy (non-hydrogen) atoms. The smallest absolute Gasteiger partial charge is 0.413 e. The second-order valence-corrected chi connectivity index (χ2v) is 19.6.